The SMILES string of the molecule is CC[C@@H]1CCCCN1C(=O)c1cc2c(C)nn(-c3ccc(Cl)cc3)c2s1. The number of benzene rings is 1. The van der Waals surface area contributed by atoms with E-state index in [1.54, 1.807) is 0 Å². The van der Waals surface area contributed by atoms with Crippen molar-refractivity contribution in [2.75, 3.05) is 6.54 Å². The van der Waals surface area contributed by atoms with Crippen molar-refractivity contribution in [1.82, 2.24) is 14.7 Å². The van der Waals surface area contributed by atoms with Crippen LogP contribution >= 0.6 is 22.9 Å². The molecule has 1 aromatic carbocycles. The number of amides is 1. The van der Waals surface area contributed by atoms with Crippen LogP contribution in [0, 0.1) is 6.92 Å². The van der Waals surface area contributed by atoms with Crippen molar-refractivity contribution in [1.29, 1.82) is 0 Å². The van der Waals surface area contributed by atoms with Gasteiger partial charge in [0.15, 0.2) is 0 Å². The van der Waals surface area contributed by atoms with Crippen LogP contribution in [0.25, 0.3) is 15.9 Å². The molecule has 136 valence electrons. The molecule has 26 heavy (non-hydrogen) atoms. The number of aryl methyl sites for hydroxylation is 1. The smallest absolute Gasteiger partial charge is 0.264 e. The topological polar surface area (TPSA) is 38.1 Å². The van der Waals surface area contributed by atoms with Gasteiger partial charge in [0.1, 0.15) is 4.83 Å². The van der Waals surface area contributed by atoms with Crippen LogP contribution in [0.5, 0.6) is 0 Å². The Morgan fingerprint density at radius 2 is 2.08 bits per heavy atom. The van der Waals surface area contributed by atoms with Crippen LogP contribution in [-0.4, -0.2) is 33.2 Å². The third-order valence-corrected chi connectivity index (χ3v) is 6.54. The van der Waals surface area contributed by atoms with Gasteiger partial charge in [-0.15, -0.1) is 11.3 Å². The number of rotatable bonds is 3. The first kappa shape index (κ1) is 17.6. The predicted molar refractivity (Wildman–Crippen MR) is 108 cm³/mol. The third-order valence-electron chi connectivity index (χ3n) is 5.19. The molecule has 0 bridgehead atoms. The van der Waals surface area contributed by atoms with Gasteiger partial charge in [0, 0.05) is 23.0 Å². The number of carbonyl (C=O) groups is 1. The van der Waals surface area contributed by atoms with Gasteiger partial charge in [0.2, 0.25) is 0 Å². The molecule has 3 aromatic rings. The summed E-state index contributed by atoms with van der Waals surface area (Å²) >= 11 is 7.54. The van der Waals surface area contributed by atoms with Crippen molar-refractivity contribution < 1.29 is 4.79 Å². The molecule has 4 rings (SSSR count). The number of hydrogen-bond acceptors (Lipinski definition) is 3. The van der Waals surface area contributed by atoms with Gasteiger partial charge in [-0.05, 0) is 62.9 Å². The van der Waals surface area contributed by atoms with Gasteiger partial charge < -0.3 is 4.90 Å². The van der Waals surface area contributed by atoms with Gasteiger partial charge >= 0.3 is 0 Å². The lowest BCUT2D eigenvalue weighted by atomic mass is 10.00. The lowest BCUT2D eigenvalue weighted by Gasteiger charge is -2.35. The molecular weight excluding hydrogens is 366 g/mol. The Bertz CT molecular complexity index is 944. The fourth-order valence-electron chi connectivity index (χ4n) is 3.74. The van der Waals surface area contributed by atoms with E-state index >= 15 is 0 Å². The first-order valence-corrected chi connectivity index (χ1v) is 10.3. The number of halogens is 1. The Morgan fingerprint density at radius 1 is 1.31 bits per heavy atom. The Balaban J connectivity index is 1.72. The van der Waals surface area contributed by atoms with Crippen LogP contribution < -0.4 is 0 Å². The molecule has 1 fully saturated rings. The second kappa shape index (κ2) is 7.05. The van der Waals surface area contributed by atoms with E-state index < -0.39 is 0 Å². The van der Waals surface area contributed by atoms with Gasteiger partial charge in [0.05, 0.1) is 16.3 Å². The average Bonchev–Trinajstić information content (AvgIpc) is 3.23. The summed E-state index contributed by atoms with van der Waals surface area (Å²) in [6.45, 7) is 5.03. The van der Waals surface area contributed by atoms with Crippen LogP contribution in [0.15, 0.2) is 30.3 Å². The Morgan fingerprint density at radius 3 is 2.81 bits per heavy atom. The summed E-state index contributed by atoms with van der Waals surface area (Å²) in [5, 5.41) is 6.41. The number of hydrogen-bond donors (Lipinski definition) is 0. The normalized spacial score (nSPS) is 17.8. The molecule has 6 heteroatoms. The molecule has 1 aliphatic rings. The van der Waals surface area contributed by atoms with Crippen LogP contribution in [0.2, 0.25) is 5.02 Å². The summed E-state index contributed by atoms with van der Waals surface area (Å²) in [7, 11) is 0. The Hall–Kier alpha value is -1.85. The minimum atomic E-state index is 0.166. The van der Waals surface area contributed by atoms with Crippen LogP contribution in [0.1, 0.15) is 48.0 Å². The zero-order chi connectivity index (χ0) is 18.3. The molecule has 3 heterocycles. The highest BCUT2D eigenvalue weighted by molar-refractivity contribution is 7.20. The predicted octanol–water partition coefficient (Wildman–Crippen LogP) is 5.45. The van der Waals surface area contributed by atoms with Crippen LogP contribution in [-0.2, 0) is 0 Å². The van der Waals surface area contributed by atoms with Crippen LogP contribution in [0.3, 0.4) is 0 Å². The molecule has 2 aromatic heterocycles. The van der Waals surface area contributed by atoms with Crippen molar-refractivity contribution in [3.8, 4) is 5.69 Å². The van der Waals surface area contributed by atoms with Crippen molar-refractivity contribution in [2.24, 2.45) is 0 Å². The summed E-state index contributed by atoms with van der Waals surface area (Å²) in [6, 6.07) is 10.0. The zero-order valence-electron chi connectivity index (χ0n) is 15.0. The maximum Gasteiger partial charge on any atom is 0.264 e. The Labute approximate surface area is 162 Å². The summed E-state index contributed by atoms with van der Waals surface area (Å²) in [5.41, 5.74) is 1.90. The molecule has 1 saturated heterocycles. The molecular formula is C20H22ClN3OS. The van der Waals surface area contributed by atoms with Gasteiger partial charge in [-0.3, -0.25) is 4.79 Å². The molecule has 0 N–H and O–H groups in total. The highest BCUT2D eigenvalue weighted by atomic mass is 35.5. The number of nitrogens with zero attached hydrogens (tertiary/aromatic N) is 3. The summed E-state index contributed by atoms with van der Waals surface area (Å²) in [6.07, 6.45) is 4.46. The van der Waals surface area contributed by atoms with E-state index in [0.717, 1.165) is 52.3 Å². The molecule has 0 aliphatic carbocycles. The van der Waals surface area contributed by atoms with Gasteiger partial charge in [-0.25, -0.2) is 4.68 Å². The van der Waals surface area contributed by atoms with E-state index in [2.05, 4.69) is 16.9 Å². The molecule has 0 unspecified atom stereocenters. The second-order valence-electron chi connectivity index (χ2n) is 6.86. The first-order chi connectivity index (χ1) is 12.6. The lowest BCUT2D eigenvalue weighted by molar-refractivity contribution is 0.0613. The third kappa shape index (κ3) is 3.03. The second-order valence-corrected chi connectivity index (χ2v) is 8.33. The van der Waals surface area contributed by atoms with Crippen molar-refractivity contribution >= 4 is 39.1 Å². The summed E-state index contributed by atoms with van der Waals surface area (Å²) in [5.74, 6) is 0.166. The van der Waals surface area contributed by atoms with E-state index in [1.165, 1.54) is 17.8 Å². The van der Waals surface area contributed by atoms with Gasteiger partial charge in [-0.2, -0.15) is 5.10 Å². The summed E-state index contributed by atoms with van der Waals surface area (Å²) < 4.78 is 1.91. The Kier molecular flexibility index (Phi) is 4.76. The molecule has 1 amide bonds. The molecule has 4 nitrogen and oxygen atoms in total. The zero-order valence-corrected chi connectivity index (χ0v) is 16.6. The van der Waals surface area contributed by atoms with E-state index in [-0.39, 0.29) is 5.91 Å². The number of likely N-dealkylation sites (tertiary alicyclic amines) is 1. The van der Waals surface area contributed by atoms with Crippen molar-refractivity contribution in [3.05, 3.63) is 45.9 Å². The van der Waals surface area contributed by atoms with E-state index in [1.807, 2.05) is 41.9 Å². The van der Waals surface area contributed by atoms with Crippen molar-refractivity contribution in [3.63, 3.8) is 0 Å². The molecule has 1 atom stereocenters. The maximum absolute atomic E-state index is 13.1. The van der Waals surface area contributed by atoms with Gasteiger partial charge in [0.25, 0.3) is 5.91 Å². The van der Waals surface area contributed by atoms with E-state index in [4.69, 9.17) is 11.6 Å². The maximum atomic E-state index is 13.1. The average molecular weight is 388 g/mol. The molecule has 0 spiro atoms. The number of thiophene rings is 1. The number of aromatic nitrogens is 2. The fourth-order valence-corrected chi connectivity index (χ4v) is 5.01. The lowest BCUT2D eigenvalue weighted by Crippen LogP contribution is -2.43. The largest absolute Gasteiger partial charge is 0.335 e. The monoisotopic (exact) mass is 387 g/mol. The van der Waals surface area contributed by atoms with E-state index in [0.29, 0.717) is 11.1 Å². The minimum Gasteiger partial charge on any atom is -0.335 e. The minimum absolute atomic E-state index is 0.166. The van der Waals surface area contributed by atoms with Gasteiger partial charge in [-0.1, -0.05) is 18.5 Å². The highest BCUT2D eigenvalue weighted by Crippen LogP contribution is 2.32. The molecule has 0 radical (unpaired) electrons. The summed E-state index contributed by atoms with van der Waals surface area (Å²) in [4.78, 5) is 17.0. The molecule has 1 aliphatic heterocycles. The van der Waals surface area contributed by atoms with Crippen molar-refractivity contribution in [2.45, 2.75) is 45.6 Å². The first-order valence-electron chi connectivity index (χ1n) is 9.14. The van der Waals surface area contributed by atoms with E-state index in [9.17, 15) is 4.79 Å². The standard InChI is InChI=1S/C20H22ClN3OS/c1-3-15-6-4-5-11-23(15)19(25)18-12-17-13(2)22-24(20(17)26-18)16-9-7-14(21)8-10-16/h7-10,12,15H,3-6,11H2,1-2H3/t15-/m1/s1. The fraction of sp³-hybridized carbons (Fsp3) is 0.400. The number of carbonyl (C=O) groups excluding carboxylic acids is 1. The quantitative estimate of drug-likeness (QED) is 0.599. The molecule has 0 saturated carbocycles. The van der Waals surface area contributed by atoms with Crippen LogP contribution in [0.4, 0.5) is 0 Å². The number of piperidine rings is 1. The number of fused-ring (bicyclic) bond motifs is 1. The highest BCUT2D eigenvalue weighted by Gasteiger charge is 2.28.